The minimum Gasteiger partial charge on any atom is -0.504 e. The quantitative estimate of drug-likeness (QED) is 0.667. The number of carboxylic acids is 1. The van der Waals surface area contributed by atoms with E-state index in [1.165, 1.54) is 0 Å². The van der Waals surface area contributed by atoms with E-state index in [1.54, 1.807) is 0 Å². The number of hydrogen-bond acceptors (Lipinski definition) is 4. The molecule has 4 N–H and O–H groups in total. The second-order valence-electron chi connectivity index (χ2n) is 2.43. The van der Waals surface area contributed by atoms with Crippen molar-refractivity contribution in [1.82, 2.24) is 4.98 Å². The van der Waals surface area contributed by atoms with Crippen molar-refractivity contribution in [2.45, 2.75) is 6.43 Å². The molecule has 0 aliphatic rings. The number of aromatic carboxylic acids is 1. The number of halogens is 2. The summed E-state index contributed by atoms with van der Waals surface area (Å²) in [6.07, 6.45) is -2.40. The van der Waals surface area contributed by atoms with Crippen LogP contribution in [-0.4, -0.2) is 21.2 Å². The van der Waals surface area contributed by atoms with Gasteiger partial charge in [0.05, 0.1) is 5.56 Å². The summed E-state index contributed by atoms with van der Waals surface area (Å²) in [5.74, 6) is -3.10. The van der Waals surface area contributed by atoms with Crippen LogP contribution in [0.4, 0.5) is 14.6 Å². The molecule has 0 amide bonds. The molecule has 1 aromatic heterocycles. The summed E-state index contributed by atoms with van der Waals surface area (Å²) in [7, 11) is 0. The first kappa shape index (κ1) is 10.2. The number of nitrogen functional groups attached to an aromatic ring is 1. The Balaban J connectivity index is 3.45. The third-order valence-electron chi connectivity index (χ3n) is 1.56. The summed E-state index contributed by atoms with van der Waals surface area (Å²) in [5, 5.41) is 17.6. The lowest BCUT2D eigenvalue weighted by molar-refractivity contribution is 0.0680. The van der Waals surface area contributed by atoms with Crippen LogP contribution in [0.3, 0.4) is 0 Å². The first-order valence-electron chi connectivity index (χ1n) is 3.44. The van der Waals surface area contributed by atoms with E-state index < -0.39 is 35.1 Å². The van der Waals surface area contributed by atoms with Crippen LogP contribution in [-0.2, 0) is 0 Å². The fourth-order valence-electron chi connectivity index (χ4n) is 0.920. The van der Waals surface area contributed by atoms with Crippen LogP contribution in [0.25, 0.3) is 0 Å². The Morgan fingerprint density at radius 2 is 2.14 bits per heavy atom. The molecule has 0 atom stereocenters. The Labute approximate surface area is 76.8 Å². The number of rotatable bonds is 2. The maximum Gasteiger partial charge on any atom is 0.340 e. The monoisotopic (exact) mass is 204 g/mol. The normalized spacial score (nSPS) is 10.5. The number of aromatic nitrogens is 1. The van der Waals surface area contributed by atoms with Gasteiger partial charge >= 0.3 is 5.97 Å². The van der Waals surface area contributed by atoms with Crippen molar-refractivity contribution in [1.29, 1.82) is 0 Å². The van der Waals surface area contributed by atoms with Gasteiger partial charge in [0, 0.05) is 6.20 Å². The predicted molar refractivity (Wildman–Crippen MR) is 42.2 cm³/mol. The number of aromatic hydroxyl groups is 1. The maximum absolute atomic E-state index is 12.2. The number of carbonyl (C=O) groups is 1. The van der Waals surface area contributed by atoms with Gasteiger partial charge in [-0.3, -0.25) is 0 Å². The van der Waals surface area contributed by atoms with Gasteiger partial charge in [-0.25, -0.2) is 18.6 Å². The van der Waals surface area contributed by atoms with Gasteiger partial charge in [0.15, 0.2) is 11.6 Å². The molecule has 0 fully saturated rings. The first-order chi connectivity index (χ1) is 6.45. The lowest BCUT2D eigenvalue weighted by Gasteiger charge is -2.07. The van der Waals surface area contributed by atoms with Crippen molar-refractivity contribution in [2.24, 2.45) is 0 Å². The van der Waals surface area contributed by atoms with Crippen molar-refractivity contribution < 1.29 is 23.8 Å². The molecule has 1 heterocycles. The van der Waals surface area contributed by atoms with E-state index in [9.17, 15) is 13.6 Å². The molecule has 0 saturated heterocycles. The summed E-state index contributed by atoms with van der Waals surface area (Å²) >= 11 is 0. The molecule has 14 heavy (non-hydrogen) atoms. The highest BCUT2D eigenvalue weighted by molar-refractivity contribution is 5.94. The van der Waals surface area contributed by atoms with E-state index in [2.05, 4.69) is 4.98 Å². The van der Waals surface area contributed by atoms with E-state index in [0.29, 0.717) is 6.20 Å². The lowest BCUT2D eigenvalue weighted by atomic mass is 10.1. The third kappa shape index (κ3) is 1.56. The Morgan fingerprint density at radius 3 is 2.57 bits per heavy atom. The van der Waals surface area contributed by atoms with Crippen LogP contribution in [0.15, 0.2) is 6.20 Å². The molecule has 0 aromatic carbocycles. The molecule has 1 aromatic rings. The largest absolute Gasteiger partial charge is 0.504 e. The number of nitrogens with zero attached hydrogens (tertiary/aromatic N) is 1. The van der Waals surface area contributed by atoms with E-state index >= 15 is 0 Å². The van der Waals surface area contributed by atoms with Crippen molar-refractivity contribution in [2.75, 3.05) is 5.73 Å². The van der Waals surface area contributed by atoms with Crippen LogP contribution in [0.5, 0.6) is 5.75 Å². The standard InChI is InChI=1S/C7H6F2N2O3/c8-5(9)2-1-11-6(10)4(12)3(2)7(13)14/h1,5,12H,(H2,10,11)(H,13,14). The average Bonchev–Trinajstić information content (AvgIpc) is 2.08. The number of nitrogens with two attached hydrogens (primary N) is 1. The smallest absolute Gasteiger partial charge is 0.340 e. The SMILES string of the molecule is Nc1ncc(C(F)F)c(C(=O)O)c1O. The topological polar surface area (TPSA) is 96.4 Å². The van der Waals surface area contributed by atoms with Gasteiger partial charge in [-0.1, -0.05) is 0 Å². The zero-order valence-corrected chi connectivity index (χ0v) is 6.74. The second-order valence-corrected chi connectivity index (χ2v) is 2.43. The summed E-state index contributed by atoms with van der Waals surface area (Å²) in [6, 6.07) is 0. The van der Waals surface area contributed by atoms with Crippen molar-refractivity contribution in [3.05, 3.63) is 17.3 Å². The molecule has 0 unspecified atom stereocenters. The van der Waals surface area contributed by atoms with Crippen LogP contribution >= 0.6 is 0 Å². The molecule has 0 spiro atoms. The van der Waals surface area contributed by atoms with Gasteiger partial charge in [0.2, 0.25) is 0 Å². The Bertz CT molecular complexity index is 381. The van der Waals surface area contributed by atoms with Gasteiger partial charge in [-0.15, -0.1) is 0 Å². The van der Waals surface area contributed by atoms with Gasteiger partial charge in [-0.2, -0.15) is 0 Å². The van der Waals surface area contributed by atoms with E-state index in [4.69, 9.17) is 15.9 Å². The van der Waals surface area contributed by atoms with E-state index in [0.717, 1.165) is 0 Å². The molecular weight excluding hydrogens is 198 g/mol. The van der Waals surface area contributed by atoms with Gasteiger partial charge in [0.1, 0.15) is 5.56 Å². The first-order valence-corrected chi connectivity index (χ1v) is 3.44. The lowest BCUT2D eigenvalue weighted by Crippen LogP contribution is -2.06. The third-order valence-corrected chi connectivity index (χ3v) is 1.56. The molecule has 76 valence electrons. The zero-order valence-electron chi connectivity index (χ0n) is 6.74. The molecule has 0 aliphatic heterocycles. The van der Waals surface area contributed by atoms with Crippen LogP contribution < -0.4 is 5.73 Å². The van der Waals surface area contributed by atoms with E-state index in [1.807, 2.05) is 0 Å². The second kappa shape index (κ2) is 3.44. The Hall–Kier alpha value is -1.92. The average molecular weight is 204 g/mol. The minimum atomic E-state index is -3.03. The number of carboxylic acid groups (broad SMARTS) is 1. The van der Waals surface area contributed by atoms with Crippen molar-refractivity contribution >= 4 is 11.8 Å². The highest BCUT2D eigenvalue weighted by atomic mass is 19.3. The summed E-state index contributed by atoms with van der Waals surface area (Å²) in [6.45, 7) is 0. The number of hydrogen-bond donors (Lipinski definition) is 3. The summed E-state index contributed by atoms with van der Waals surface area (Å²) in [5.41, 5.74) is 3.29. The van der Waals surface area contributed by atoms with Crippen molar-refractivity contribution in [3.8, 4) is 5.75 Å². The van der Waals surface area contributed by atoms with Crippen LogP contribution in [0, 0.1) is 0 Å². The molecule has 0 bridgehead atoms. The minimum absolute atomic E-state index is 0.494. The molecule has 0 aliphatic carbocycles. The fraction of sp³-hybridized carbons (Fsp3) is 0.143. The van der Waals surface area contributed by atoms with Gasteiger partial charge in [-0.05, 0) is 0 Å². The highest BCUT2D eigenvalue weighted by Gasteiger charge is 2.24. The number of pyridine rings is 1. The summed E-state index contributed by atoms with van der Waals surface area (Å²) in [4.78, 5) is 13.8. The molecule has 1 rings (SSSR count). The molecule has 0 saturated carbocycles. The van der Waals surface area contributed by atoms with E-state index in [-0.39, 0.29) is 0 Å². The van der Waals surface area contributed by atoms with Gasteiger partial charge < -0.3 is 15.9 Å². The Morgan fingerprint density at radius 1 is 1.57 bits per heavy atom. The predicted octanol–water partition coefficient (Wildman–Crippen LogP) is 1.01. The molecular formula is C7H6F2N2O3. The van der Waals surface area contributed by atoms with Crippen molar-refractivity contribution in [3.63, 3.8) is 0 Å². The molecule has 7 heteroatoms. The number of anilines is 1. The zero-order chi connectivity index (χ0) is 10.9. The molecule has 5 nitrogen and oxygen atoms in total. The maximum atomic E-state index is 12.2. The van der Waals surface area contributed by atoms with Gasteiger partial charge in [0.25, 0.3) is 6.43 Å². The number of alkyl halides is 2. The fourth-order valence-corrected chi connectivity index (χ4v) is 0.920. The Kier molecular flexibility index (Phi) is 2.50. The summed E-state index contributed by atoms with van der Waals surface area (Å²) < 4.78 is 24.5. The van der Waals surface area contributed by atoms with Crippen LogP contribution in [0.2, 0.25) is 0 Å². The van der Waals surface area contributed by atoms with Crippen LogP contribution in [0.1, 0.15) is 22.3 Å². The molecule has 0 radical (unpaired) electrons. The highest BCUT2D eigenvalue weighted by Crippen LogP contribution is 2.31.